The van der Waals surface area contributed by atoms with Gasteiger partial charge in [0.1, 0.15) is 4.90 Å². The van der Waals surface area contributed by atoms with Gasteiger partial charge in [-0.1, -0.05) is 6.07 Å². The number of nitrogens with one attached hydrogen (secondary N) is 2. The number of nitrogens with zero attached hydrogens (tertiary/aromatic N) is 3. The van der Waals surface area contributed by atoms with E-state index >= 15 is 0 Å². The number of aromatic nitrogens is 4. The molecular formula is C16H23N7O4S2. The number of sulfonamides is 1. The van der Waals surface area contributed by atoms with E-state index in [9.17, 15) is 16.8 Å². The number of hydrogen-bond donors (Lipinski definition) is 4. The molecule has 2 aromatic rings. The highest BCUT2D eigenvalue weighted by Crippen LogP contribution is 2.42. The van der Waals surface area contributed by atoms with E-state index in [1.807, 2.05) is 0 Å². The predicted octanol–water partition coefficient (Wildman–Crippen LogP) is -0.755. The second-order valence-corrected chi connectivity index (χ2v) is 11.3. The fourth-order valence-electron chi connectivity index (χ4n) is 4.03. The van der Waals surface area contributed by atoms with Crippen LogP contribution in [0.5, 0.6) is 0 Å². The lowest BCUT2D eigenvalue weighted by Crippen LogP contribution is -2.51. The van der Waals surface area contributed by atoms with Crippen molar-refractivity contribution in [1.82, 2.24) is 25.9 Å². The largest absolute Gasteiger partial charge is 0.328 e. The molecule has 11 nitrogen and oxygen atoms in total. The second kappa shape index (κ2) is 7.40. The Morgan fingerprint density at radius 2 is 1.72 bits per heavy atom. The van der Waals surface area contributed by atoms with Crippen LogP contribution in [0.2, 0.25) is 0 Å². The molecule has 2 fully saturated rings. The lowest BCUT2D eigenvalue weighted by atomic mass is 9.80. The van der Waals surface area contributed by atoms with Crippen molar-refractivity contribution < 1.29 is 16.8 Å². The number of aromatic amines is 1. The number of nitrogens with two attached hydrogens (primary N) is 2. The molecule has 0 unspecified atom stereocenters. The van der Waals surface area contributed by atoms with Gasteiger partial charge in [0.15, 0.2) is 15.7 Å². The second-order valence-electron chi connectivity index (χ2n) is 7.59. The molecule has 1 aromatic carbocycles. The summed E-state index contributed by atoms with van der Waals surface area (Å²) in [5.41, 5.74) is 6.79. The van der Waals surface area contributed by atoms with Gasteiger partial charge in [0.05, 0.1) is 10.1 Å². The number of benzene rings is 1. The average Bonchev–Trinajstić information content (AvgIpc) is 3.13. The molecule has 0 amide bonds. The molecule has 13 heteroatoms. The molecule has 6 N–H and O–H groups in total. The van der Waals surface area contributed by atoms with Crippen LogP contribution in [0.3, 0.4) is 0 Å². The van der Waals surface area contributed by atoms with Gasteiger partial charge >= 0.3 is 0 Å². The minimum Gasteiger partial charge on any atom is -0.328 e. The summed E-state index contributed by atoms with van der Waals surface area (Å²) >= 11 is 0. The van der Waals surface area contributed by atoms with Crippen LogP contribution >= 0.6 is 0 Å². The molecule has 0 atom stereocenters. The van der Waals surface area contributed by atoms with Gasteiger partial charge in [0.25, 0.3) is 0 Å². The van der Waals surface area contributed by atoms with Crippen LogP contribution in [0.4, 0.5) is 0 Å². The quantitative estimate of drug-likeness (QED) is 0.462. The number of hydrogen-bond acceptors (Lipinski definition) is 9. The van der Waals surface area contributed by atoms with E-state index in [1.54, 1.807) is 6.07 Å². The SMILES string of the molecule is NS(=O)(=O)c1c(S(=O)(=O)C2CNC2)ccc([C@H]2CC[C@H](N)CC2)c1-c1nnn[nH]1. The first-order valence-corrected chi connectivity index (χ1v) is 12.4. The molecular weight excluding hydrogens is 418 g/mol. The maximum absolute atomic E-state index is 13.1. The van der Waals surface area contributed by atoms with Crippen LogP contribution in [0.25, 0.3) is 11.4 Å². The van der Waals surface area contributed by atoms with Crippen molar-refractivity contribution in [3.8, 4) is 11.4 Å². The van der Waals surface area contributed by atoms with E-state index < -0.39 is 30.0 Å². The Morgan fingerprint density at radius 3 is 2.24 bits per heavy atom. The van der Waals surface area contributed by atoms with Crippen LogP contribution in [-0.4, -0.2) is 61.8 Å². The standard InChI is InChI=1S/C16H23N7O4S2/c17-10-3-1-9(2-4-10)12-5-6-13(28(24,25)11-7-19-8-11)15(29(18,26)27)14(12)16-20-22-23-21-16/h5-6,9-11,19H,1-4,7-8,17H2,(H2,18,26,27)(H,20,21,22,23)/t9-,10-. The molecule has 0 bridgehead atoms. The zero-order valence-corrected chi connectivity index (χ0v) is 17.2. The van der Waals surface area contributed by atoms with E-state index in [4.69, 9.17) is 10.9 Å². The predicted molar refractivity (Wildman–Crippen MR) is 104 cm³/mol. The van der Waals surface area contributed by atoms with Gasteiger partial charge in [0.2, 0.25) is 10.0 Å². The molecule has 1 aromatic heterocycles. The first-order valence-electron chi connectivity index (χ1n) is 9.33. The smallest absolute Gasteiger partial charge is 0.240 e. The van der Waals surface area contributed by atoms with Crippen LogP contribution < -0.4 is 16.2 Å². The fraction of sp³-hybridized carbons (Fsp3) is 0.562. The highest BCUT2D eigenvalue weighted by molar-refractivity contribution is 7.94. The molecule has 0 radical (unpaired) electrons. The maximum Gasteiger partial charge on any atom is 0.240 e. The lowest BCUT2D eigenvalue weighted by Gasteiger charge is -2.30. The number of H-pyrrole nitrogens is 1. The van der Waals surface area contributed by atoms with E-state index in [0.717, 1.165) is 25.7 Å². The van der Waals surface area contributed by atoms with Crippen LogP contribution in [-0.2, 0) is 19.9 Å². The Balaban J connectivity index is 1.97. The lowest BCUT2D eigenvalue weighted by molar-refractivity contribution is 0.395. The highest BCUT2D eigenvalue weighted by atomic mass is 32.2. The van der Waals surface area contributed by atoms with Crippen molar-refractivity contribution in [3.05, 3.63) is 17.7 Å². The summed E-state index contributed by atoms with van der Waals surface area (Å²) in [5, 5.41) is 21.2. The Bertz CT molecular complexity index is 1100. The van der Waals surface area contributed by atoms with Crippen molar-refractivity contribution in [2.24, 2.45) is 10.9 Å². The minimum absolute atomic E-state index is 0.00229. The van der Waals surface area contributed by atoms with Crippen molar-refractivity contribution in [2.45, 2.75) is 52.7 Å². The summed E-state index contributed by atoms with van der Waals surface area (Å²) < 4.78 is 51.4. The summed E-state index contributed by atoms with van der Waals surface area (Å²) in [6, 6.07) is 3.11. The first kappa shape index (κ1) is 20.3. The minimum atomic E-state index is -4.40. The van der Waals surface area contributed by atoms with Crippen LogP contribution in [0.1, 0.15) is 37.2 Å². The van der Waals surface area contributed by atoms with Crippen molar-refractivity contribution in [2.75, 3.05) is 13.1 Å². The summed E-state index contributed by atoms with van der Waals surface area (Å²) in [5.74, 6) is 0.0696. The highest BCUT2D eigenvalue weighted by Gasteiger charge is 2.39. The number of tetrazole rings is 1. The molecule has 0 spiro atoms. The molecule has 1 aliphatic carbocycles. The van der Waals surface area contributed by atoms with E-state index in [0.29, 0.717) is 5.56 Å². The van der Waals surface area contributed by atoms with E-state index in [-0.39, 0.29) is 41.3 Å². The van der Waals surface area contributed by atoms with Gasteiger partial charge in [-0.15, -0.1) is 5.10 Å². The van der Waals surface area contributed by atoms with Crippen LogP contribution in [0, 0.1) is 0 Å². The Hall–Kier alpha value is -1.93. The Labute approximate surface area is 168 Å². The molecule has 158 valence electrons. The number of sulfone groups is 1. The summed E-state index contributed by atoms with van der Waals surface area (Å²) in [4.78, 5) is -0.760. The summed E-state index contributed by atoms with van der Waals surface area (Å²) in [6.07, 6.45) is 3.07. The topological polar surface area (TPSA) is 187 Å². The van der Waals surface area contributed by atoms with Gasteiger partial charge in [-0.05, 0) is 53.7 Å². The van der Waals surface area contributed by atoms with E-state index in [2.05, 4.69) is 25.9 Å². The molecule has 1 saturated carbocycles. The number of rotatable bonds is 5. The molecule has 1 aliphatic heterocycles. The van der Waals surface area contributed by atoms with Gasteiger partial charge in [-0.2, -0.15) is 0 Å². The molecule has 4 rings (SSSR count). The average molecular weight is 442 g/mol. The third-order valence-corrected chi connectivity index (χ3v) is 9.01. The normalized spacial score (nSPS) is 23.7. The monoisotopic (exact) mass is 441 g/mol. The Kier molecular flexibility index (Phi) is 5.19. The van der Waals surface area contributed by atoms with Gasteiger partial charge in [-0.3, -0.25) is 0 Å². The van der Waals surface area contributed by atoms with Gasteiger partial charge < -0.3 is 11.1 Å². The van der Waals surface area contributed by atoms with Crippen LogP contribution in [0.15, 0.2) is 21.9 Å². The van der Waals surface area contributed by atoms with E-state index in [1.165, 1.54) is 6.07 Å². The maximum atomic E-state index is 13.1. The van der Waals surface area contributed by atoms with Crippen molar-refractivity contribution in [3.63, 3.8) is 0 Å². The van der Waals surface area contributed by atoms with Crippen molar-refractivity contribution >= 4 is 19.9 Å². The molecule has 1 saturated heterocycles. The summed E-state index contributed by atoms with van der Waals surface area (Å²) in [6.45, 7) is 0.516. The molecule has 29 heavy (non-hydrogen) atoms. The third-order valence-electron chi connectivity index (χ3n) is 5.72. The first-order chi connectivity index (χ1) is 13.7. The van der Waals surface area contributed by atoms with Crippen molar-refractivity contribution in [1.29, 1.82) is 0 Å². The third kappa shape index (κ3) is 3.68. The molecule has 2 heterocycles. The zero-order valence-electron chi connectivity index (χ0n) is 15.6. The molecule has 2 aliphatic rings. The summed E-state index contributed by atoms with van der Waals surface area (Å²) in [7, 11) is -8.31. The fourth-order valence-corrected chi connectivity index (χ4v) is 7.22. The Morgan fingerprint density at radius 1 is 1.03 bits per heavy atom. The van der Waals surface area contributed by atoms with Gasteiger partial charge in [0, 0.05) is 24.7 Å². The zero-order chi connectivity index (χ0) is 20.8. The number of primary sulfonamides is 1. The van der Waals surface area contributed by atoms with Gasteiger partial charge in [-0.25, -0.2) is 27.1 Å².